The van der Waals surface area contributed by atoms with Gasteiger partial charge in [-0.05, 0) is 6.92 Å². The number of nitrogens with one attached hydrogen (secondary N) is 1. The molecule has 1 saturated heterocycles. The fourth-order valence-electron chi connectivity index (χ4n) is 1.84. The minimum atomic E-state index is -0.124. The van der Waals surface area contributed by atoms with Gasteiger partial charge in [-0.2, -0.15) is 0 Å². The third-order valence-corrected chi connectivity index (χ3v) is 2.68. The minimum absolute atomic E-state index is 0.0433. The molecule has 0 amide bonds. The number of nitrogens with zero attached hydrogens (tertiary/aromatic N) is 3. The largest absolute Gasteiger partial charge is 0.394 e. The van der Waals surface area contributed by atoms with Crippen LogP contribution in [0.2, 0.25) is 0 Å². The van der Waals surface area contributed by atoms with Gasteiger partial charge in [0.2, 0.25) is 0 Å². The van der Waals surface area contributed by atoms with Crippen molar-refractivity contribution >= 4 is 11.6 Å². The molecule has 1 aromatic rings. The van der Waals surface area contributed by atoms with Crippen LogP contribution in [0.4, 0.5) is 11.6 Å². The number of aliphatic hydroxyl groups is 1. The van der Waals surface area contributed by atoms with E-state index >= 15 is 0 Å². The van der Waals surface area contributed by atoms with Crippen LogP contribution < -0.4 is 10.2 Å². The minimum Gasteiger partial charge on any atom is -0.394 e. The van der Waals surface area contributed by atoms with Crippen LogP contribution in [-0.2, 0) is 4.74 Å². The highest BCUT2D eigenvalue weighted by atomic mass is 16.5. The molecule has 1 unspecified atom stereocenters. The molecule has 0 aromatic carbocycles. The molecule has 2 rings (SSSR count). The van der Waals surface area contributed by atoms with Crippen molar-refractivity contribution in [3.05, 3.63) is 12.4 Å². The normalized spacial score (nSPS) is 20.4. The van der Waals surface area contributed by atoms with Crippen molar-refractivity contribution in [1.82, 2.24) is 9.97 Å². The second kappa shape index (κ2) is 5.79. The Hall–Kier alpha value is -1.40. The number of aromatic nitrogens is 2. The van der Waals surface area contributed by atoms with Crippen LogP contribution >= 0.6 is 0 Å². The molecule has 0 radical (unpaired) electrons. The molecule has 1 fully saturated rings. The third kappa shape index (κ3) is 3.04. The standard InChI is InChI=1S/C11H18N4O2/c1-2-12-10-5-11(14-8-13-10)15-3-4-17-9(6-15)7-16/h5,8-9,16H,2-4,6-7H2,1H3,(H,12,13,14). The van der Waals surface area contributed by atoms with Gasteiger partial charge in [0.1, 0.15) is 18.0 Å². The van der Waals surface area contributed by atoms with Crippen LogP contribution in [0, 0.1) is 0 Å². The van der Waals surface area contributed by atoms with Crippen molar-refractivity contribution in [2.45, 2.75) is 13.0 Å². The predicted molar refractivity (Wildman–Crippen MR) is 65.2 cm³/mol. The smallest absolute Gasteiger partial charge is 0.134 e. The summed E-state index contributed by atoms with van der Waals surface area (Å²) in [6, 6.07) is 1.92. The lowest BCUT2D eigenvalue weighted by Crippen LogP contribution is -2.44. The molecule has 6 nitrogen and oxygen atoms in total. The second-order valence-corrected chi connectivity index (χ2v) is 3.91. The van der Waals surface area contributed by atoms with Gasteiger partial charge in [0.25, 0.3) is 0 Å². The zero-order chi connectivity index (χ0) is 12.1. The molecule has 94 valence electrons. The molecule has 2 N–H and O–H groups in total. The molecule has 2 heterocycles. The first-order valence-electron chi connectivity index (χ1n) is 5.86. The van der Waals surface area contributed by atoms with Crippen LogP contribution in [0.5, 0.6) is 0 Å². The number of aliphatic hydroxyl groups excluding tert-OH is 1. The maximum atomic E-state index is 9.10. The molecule has 1 atom stereocenters. The molecule has 1 aliphatic heterocycles. The number of hydrogen-bond acceptors (Lipinski definition) is 6. The van der Waals surface area contributed by atoms with Gasteiger partial charge in [-0.3, -0.25) is 0 Å². The first-order chi connectivity index (χ1) is 8.33. The summed E-state index contributed by atoms with van der Waals surface area (Å²) in [6.07, 6.45) is 1.43. The maximum absolute atomic E-state index is 9.10. The summed E-state index contributed by atoms with van der Waals surface area (Å²) < 4.78 is 5.41. The maximum Gasteiger partial charge on any atom is 0.134 e. The molecule has 0 aliphatic carbocycles. The van der Waals surface area contributed by atoms with E-state index in [1.54, 1.807) is 6.33 Å². The van der Waals surface area contributed by atoms with Crippen molar-refractivity contribution < 1.29 is 9.84 Å². The van der Waals surface area contributed by atoms with E-state index in [-0.39, 0.29) is 12.7 Å². The van der Waals surface area contributed by atoms with Crippen LogP contribution in [-0.4, -0.2) is 54.0 Å². The first-order valence-corrected chi connectivity index (χ1v) is 5.86. The van der Waals surface area contributed by atoms with E-state index in [1.165, 1.54) is 0 Å². The Morgan fingerprint density at radius 3 is 3.24 bits per heavy atom. The van der Waals surface area contributed by atoms with Crippen LogP contribution in [0.1, 0.15) is 6.92 Å². The van der Waals surface area contributed by atoms with Gasteiger partial charge in [0.05, 0.1) is 19.3 Å². The average Bonchev–Trinajstić information content (AvgIpc) is 2.40. The van der Waals surface area contributed by atoms with Crippen molar-refractivity contribution in [3.63, 3.8) is 0 Å². The molecule has 1 aromatic heterocycles. The summed E-state index contributed by atoms with van der Waals surface area (Å²) in [6.45, 7) is 4.97. The van der Waals surface area contributed by atoms with E-state index in [1.807, 2.05) is 13.0 Å². The lowest BCUT2D eigenvalue weighted by atomic mass is 10.3. The summed E-state index contributed by atoms with van der Waals surface area (Å²) >= 11 is 0. The Balaban J connectivity index is 2.07. The fraction of sp³-hybridized carbons (Fsp3) is 0.636. The molecule has 1 aliphatic rings. The van der Waals surface area contributed by atoms with Crippen molar-refractivity contribution in [3.8, 4) is 0 Å². The highest BCUT2D eigenvalue weighted by molar-refractivity contribution is 5.48. The van der Waals surface area contributed by atoms with Gasteiger partial charge >= 0.3 is 0 Å². The van der Waals surface area contributed by atoms with E-state index < -0.39 is 0 Å². The SMILES string of the molecule is CCNc1cc(N2CCOC(CO)C2)ncn1. The van der Waals surface area contributed by atoms with E-state index in [0.29, 0.717) is 13.2 Å². The Bertz CT molecular complexity index is 361. The van der Waals surface area contributed by atoms with Gasteiger partial charge < -0.3 is 20.1 Å². The van der Waals surface area contributed by atoms with Crippen LogP contribution in [0.15, 0.2) is 12.4 Å². The molecular formula is C11H18N4O2. The Morgan fingerprint density at radius 1 is 1.59 bits per heavy atom. The Morgan fingerprint density at radius 2 is 2.47 bits per heavy atom. The Kier molecular flexibility index (Phi) is 4.11. The van der Waals surface area contributed by atoms with Gasteiger partial charge in [0.15, 0.2) is 0 Å². The molecule has 6 heteroatoms. The van der Waals surface area contributed by atoms with Crippen LogP contribution in [0.3, 0.4) is 0 Å². The topological polar surface area (TPSA) is 70.5 Å². The zero-order valence-corrected chi connectivity index (χ0v) is 9.96. The summed E-state index contributed by atoms with van der Waals surface area (Å²) in [7, 11) is 0. The summed E-state index contributed by atoms with van der Waals surface area (Å²) in [5.41, 5.74) is 0. The quantitative estimate of drug-likeness (QED) is 0.775. The second-order valence-electron chi connectivity index (χ2n) is 3.91. The van der Waals surface area contributed by atoms with Crippen molar-refractivity contribution in [1.29, 1.82) is 0 Å². The van der Waals surface area contributed by atoms with E-state index in [9.17, 15) is 0 Å². The Labute approximate surface area is 101 Å². The van der Waals surface area contributed by atoms with Gasteiger partial charge in [-0.1, -0.05) is 0 Å². The van der Waals surface area contributed by atoms with Gasteiger partial charge in [0, 0.05) is 25.7 Å². The number of rotatable bonds is 4. The highest BCUT2D eigenvalue weighted by Crippen LogP contribution is 2.17. The molecule has 0 saturated carbocycles. The van der Waals surface area contributed by atoms with Gasteiger partial charge in [-0.15, -0.1) is 0 Å². The average molecular weight is 238 g/mol. The zero-order valence-electron chi connectivity index (χ0n) is 9.96. The monoisotopic (exact) mass is 238 g/mol. The number of morpholine rings is 1. The summed E-state index contributed by atoms with van der Waals surface area (Å²) in [5, 5.41) is 12.3. The molecule has 17 heavy (non-hydrogen) atoms. The predicted octanol–water partition coefficient (Wildman–Crippen LogP) is 0.106. The van der Waals surface area contributed by atoms with E-state index in [0.717, 1.165) is 24.7 Å². The van der Waals surface area contributed by atoms with Crippen molar-refractivity contribution in [2.75, 3.05) is 43.1 Å². The van der Waals surface area contributed by atoms with E-state index in [4.69, 9.17) is 9.84 Å². The first kappa shape index (κ1) is 12.1. The third-order valence-electron chi connectivity index (χ3n) is 2.68. The van der Waals surface area contributed by atoms with Crippen molar-refractivity contribution in [2.24, 2.45) is 0 Å². The highest BCUT2D eigenvalue weighted by Gasteiger charge is 2.20. The number of hydrogen-bond donors (Lipinski definition) is 2. The fourth-order valence-corrected chi connectivity index (χ4v) is 1.84. The molecule has 0 spiro atoms. The lowest BCUT2D eigenvalue weighted by molar-refractivity contribution is 0.00336. The summed E-state index contributed by atoms with van der Waals surface area (Å²) in [5.74, 6) is 1.70. The van der Waals surface area contributed by atoms with E-state index in [2.05, 4.69) is 20.2 Å². The lowest BCUT2D eigenvalue weighted by Gasteiger charge is -2.32. The molecular weight excluding hydrogens is 220 g/mol. The number of anilines is 2. The number of ether oxygens (including phenoxy) is 1. The van der Waals surface area contributed by atoms with Crippen LogP contribution in [0.25, 0.3) is 0 Å². The van der Waals surface area contributed by atoms with Gasteiger partial charge in [-0.25, -0.2) is 9.97 Å². The molecule has 0 bridgehead atoms. The summed E-state index contributed by atoms with van der Waals surface area (Å²) in [4.78, 5) is 10.5.